The summed E-state index contributed by atoms with van der Waals surface area (Å²) < 4.78 is 13.2. The van der Waals surface area contributed by atoms with Gasteiger partial charge in [0, 0.05) is 0 Å². The Balaban J connectivity index is 1.87. The van der Waals surface area contributed by atoms with Crippen molar-refractivity contribution in [2.45, 2.75) is 5.16 Å². The number of carbonyl (C=O) groups excluding carboxylic acids is 1. The third-order valence-corrected chi connectivity index (χ3v) is 2.76. The summed E-state index contributed by atoms with van der Waals surface area (Å²) in [7, 11) is 0. The number of hydrogen-bond donors (Lipinski definition) is 2. The van der Waals surface area contributed by atoms with Gasteiger partial charge in [0.05, 0.1) is 11.4 Å². The van der Waals surface area contributed by atoms with Crippen LogP contribution in [0, 0.1) is 5.82 Å². The van der Waals surface area contributed by atoms with Gasteiger partial charge in [0.25, 0.3) is 0 Å². The summed E-state index contributed by atoms with van der Waals surface area (Å²) in [6, 6.07) is 6.02. The van der Waals surface area contributed by atoms with Crippen molar-refractivity contribution in [3.8, 4) is 0 Å². The minimum absolute atomic E-state index is 0.142. The fourth-order valence-corrected chi connectivity index (χ4v) is 1.73. The average molecular weight is 252 g/mol. The lowest BCUT2D eigenvalue weighted by atomic mass is 10.3. The molecular formula is C10H9FN4OS. The van der Waals surface area contributed by atoms with Gasteiger partial charge in [0.1, 0.15) is 12.1 Å². The molecule has 0 aliphatic rings. The van der Waals surface area contributed by atoms with E-state index in [0.717, 1.165) is 0 Å². The first-order chi connectivity index (χ1) is 8.25. The molecule has 1 heterocycles. The highest BCUT2D eigenvalue weighted by molar-refractivity contribution is 7.99. The molecule has 7 heteroatoms. The summed E-state index contributed by atoms with van der Waals surface area (Å²) in [5.74, 6) is -0.606. The van der Waals surface area contributed by atoms with Crippen LogP contribution in [0.2, 0.25) is 0 Å². The molecule has 2 N–H and O–H groups in total. The van der Waals surface area contributed by atoms with E-state index in [1.807, 2.05) is 0 Å². The zero-order valence-electron chi connectivity index (χ0n) is 8.68. The fraction of sp³-hybridized carbons (Fsp3) is 0.100. The minimum atomic E-state index is -0.453. The van der Waals surface area contributed by atoms with Crippen molar-refractivity contribution < 1.29 is 9.18 Å². The number of anilines is 1. The third kappa shape index (κ3) is 3.28. The van der Waals surface area contributed by atoms with E-state index in [-0.39, 0.29) is 17.3 Å². The number of thioether (sulfide) groups is 1. The zero-order valence-corrected chi connectivity index (χ0v) is 9.50. The van der Waals surface area contributed by atoms with E-state index in [1.165, 1.54) is 30.2 Å². The van der Waals surface area contributed by atoms with Crippen molar-refractivity contribution in [2.75, 3.05) is 11.1 Å². The largest absolute Gasteiger partial charge is 0.323 e. The molecule has 2 rings (SSSR count). The number of H-pyrrole nitrogens is 1. The Hall–Kier alpha value is -1.89. The summed E-state index contributed by atoms with van der Waals surface area (Å²) in [6.45, 7) is 0. The SMILES string of the molecule is O=C(CSc1ncn[nH]1)Nc1ccccc1F. The molecule has 0 unspecified atom stereocenters. The molecule has 1 aromatic heterocycles. The molecule has 0 spiro atoms. The molecule has 0 aliphatic carbocycles. The molecule has 5 nitrogen and oxygen atoms in total. The summed E-state index contributed by atoms with van der Waals surface area (Å²) in [4.78, 5) is 15.4. The monoisotopic (exact) mass is 252 g/mol. The van der Waals surface area contributed by atoms with E-state index in [4.69, 9.17) is 0 Å². The Kier molecular flexibility index (Phi) is 3.71. The highest BCUT2D eigenvalue weighted by Crippen LogP contribution is 2.14. The van der Waals surface area contributed by atoms with Gasteiger partial charge in [-0.3, -0.25) is 9.89 Å². The second kappa shape index (κ2) is 5.44. The molecule has 0 radical (unpaired) electrons. The van der Waals surface area contributed by atoms with Crippen LogP contribution < -0.4 is 5.32 Å². The van der Waals surface area contributed by atoms with Crippen molar-refractivity contribution in [2.24, 2.45) is 0 Å². The van der Waals surface area contributed by atoms with Crippen molar-refractivity contribution in [3.05, 3.63) is 36.4 Å². The maximum atomic E-state index is 13.2. The third-order valence-electron chi connectivity index (χ3n) is 1.88. The number of nitrogens with one attached hydrogen (secondary N) is 2. The van der Waals surface area contributed by atoms with Crippen LogP contribution in [0.15, 0.2) is 35.7 Å². The number of carbonyl (C=O) groups is 1. The quantitative estimate of drug-likeness (QED) is 0.812. The number of aromatic nitrogens is 3. The molecule has 17 heavy (non-hydrogen) atoms. The van der Waals surface area contributed by atoms with Gasteiger partial charge in [-0.1, -0.05) is 23.9 Å². The van der Waals surface area contributed by atoms with E-state index < -0.39 is 5.82 Å². The highest BCUT2D eigenvalue weighted by Gasteiger charge is 2.07. The number of nitrogens with zero attached hydrogens (tertiary/aromatic N) is 2. The normalized spacial score (nSPS) is 10.2. The molecular weight excluding hydrogens is 243 g/mol. The molecule has 0 atom stereocenters. The fourth-order valence-electron chi connectivity index (χ4n) is 1.15. The summed E-state index contributed by atoms with van der Waals surface area (Å²) in [5, 5.41) is 9.29. The second-order valence-electron chi connectivity index (χ2n) is 3.11. The van der Waals surface area contributed by atoms with Gasteiger partial charge in [-0.15, -0.1) is 0 Å². The van der Waals surface area contributed by atoms with Crippen LogP contribution in [0.1, 0.15) is 0 Å². The maximum Gasteiger partial charge on any atom is 0.234 e. The maximum absolute atomic E-state index is 13.2. The van der Waals surface area contributed by atoms with Gasteiger partial charge < -0.3 is 5.32 Å². The summed E-state index contributed by atoms with van der Waals surface area (Å²) >= 11 is 1.20. The lowest BCUT2D eigenvalue weighted by Crippen LogP contribution is -2.15. The molecule has 0 aliphatic heterocycles. The molecule has 1 amide bonds. The van der Waals surface area contributed by atoms with Gasteiger partial charge in [0.15, 0.2) is 5.16 Å². The van der Waals surface area contributed by atoms with E-state index in [9.17, 15) is 9.18 Å². The van der Waals surface area contributed by atoms with E-state index in [1.54, 1.807) is 12.1 Å². The second-order valence-corrected chi connectivity index (χ2v) is 4.07. The van der Waals surface area contributed by atoms with Crippen molar-refractivity contribution in [3.63, 3.8) is 0 Å². The average Bonchev–Trinajstić information content (AvgIpc) is 2.82. The lowest BCUT2D eigenvalue weighted by molar-refractivity contribution is -0.113. The van der Waals surface area contributed by atoms with Gasteiger partial charge in [0.2, 0.25) is 5.91 Å². The van der Waals surface area contributed by atoms with Crippen LogP contribution in [-0.4, -0.2) is 26.8 Å². The Bertz CT molecular complexity index is 503. The molecule has 0 fully saturated rings. The zero-order chi connectivity index (χ0) is 12.1. The molecule has 1 aromatic carbocycles. The summed E-state index contributed by atoms with van der Waals surface area (Å²) in [6.07, 6.45) is 1.36. The van der Waals surface area contributed by atoms with Crippen LogP contribution in [-0.2, 0) is 4.79 Å². The van der Waals surface area contributed by atoms with Crippen LogP contribution in [0.25, 0.3) is 0 Å². The molecule has 88 valence electrons. The number of halogens is 1. The highest BCUT2D eigenvalue weighted by atomic mass is 32.2. The molecule has 0 saturated carbocycles. The van der Waals surface area contributed by atoms with Crippen molar-refractivity contribution in [1.29, 1.82) is 0 Å². The topological polar surface area (TPSA) is 70.7 Å². The van der Waals surface area contributed by atoms with Gasteiger partial charge in [-0.2, -0.15) is 5.10 Å². The lowest BCUT2D eigenvalue weighted by Gasteiger charge is -2.04. The van der Waals surface area contributed by atoms with E-state index in [0.29, 0.717) is 5.16 Å². The molecule has 0 bridgehead atoms. The smallest absolute Gasteiger partial charge is 0.234 e. The van der Waals surface area contributed by atoms with Crippen molar-refractivity contribution in [1.82, 2.24) is 15.2 Å². The van der Waals surface area contributed by atoms with Crippen LogP contribution >= 0.6 is 11.8 Å². The first-order valence-electron chi connectivity index (χ1n) is 4.78. The van der Waals surface area contributed by atoms with Gasteiger partial charge >= 0.3 is 0 Å². The first-order valence-corrected chi connectivity index (χ1v) is 5.77. The Morgan fingerprint density at radius 3 is 3.00 bits per heavy atom. The molecule has 0 saturated heterocycles. The van der Waals surface area contributed by atoms with Crippen LogP contribution in [0.3, 0.4) is 0 Å². The van der Waals surface area contributed by atoms with Crippen LogP contribution in [0.4, 0.5) is 10.1 Å². The minimum Gasteiger partial charge on any atom is -0.323 e. The predicted octanol–water partition coefficient (Wildman–Crippen LogP) is 1.67. The standard InChI is InChI=1S/C10H9FN4OS/c11-7-3-1-2-4-8(7)14-9(16)5-17-10-12-6-13-15-10/h1-4,6H,5H2,(H,14,16)(H,12,13,15). The van der Waals surface area contributed by atoms with Gasteiger partial charge in [-0.25, -0.2) is 9.37 Å². The van der Waals surface area contributed by atoms with E-state index >= 15 is 0 Å². The number of rotatable bonds is 4. The number of hydrogen-bond acceptors (Lipinski definition) is 4. The van der Waals surface area contributed by atoms with Gasteiger partial charge in [-0.05, 0) is 12.1 Å². The summed E-state index contributed by atoms with van der Waals surface area (Å²) in [5.41, 5.74) is 0.177. The number of amides is 1. The van der Waals surface area contributed by atoms with E-state index in [2.05, 4.69) is 20.5 Å². The predicted molar refractivity (Wildman–Crippen MR) is 62.1 cm³/mol. The first kappa shape index (κ1) is 11.6. The Morgan fingerprint density at radius 2 is 2.29 bits per heavy atom. The number of aromatic amines is 1. The number of benzene rings is 1. The van der Waals surface area contributed by atoms with Crippen molar-refractivity contribution >= 4 is 23.4 Å². The molecule has 2 aromatic rings. The number of para-hydroxylation sites is 1. The van der Waals surface area contributed by atoms with Crippen LogP contribution in [0.5, 0.6) is 0 Å². The Morgan fingerprint density at radius 1 is 1.47 bits per heavy atom. The Labute approximate surface area is 101 Å².